The predicted octanol–water partition coefficient (Wildman–Crippen LogP) is 6.24. The second-order valence-corrected chi connectivity index (χ2v) is 8.21. The van der Waals surface area contributed by atoms with E-state index in [1.807, 2.05) is 48.1 Å². The lowest BCUT2D eigenvalue weighted by Crippen LogP contribution is -1.98. The molecule has 0 fully saturated rings. The number of rotatable bonds is 2. The Labute approximate surface area is 183 Å². The molecule has 6 heteroatoms. The average molecular weight is 428 g/mol. The lowest BCUT2D eigenvalue weighted by Gasteiger charge is -2.08. The standard InChI is InChI=1S/C25H18ClN3O2/c1-14-3-6-16(7-4-14)24-19-12-27-21-11-23-22(30-13-31-23)10-18(21)25(19)29(28-24)17-8-5-15(2)20(26)9-17/h3-12H,13H2,1-2H3. The second kappa shape index (κ2) is 6.72. The van der Waals surface area contributed by atoms with Gasteiger partial charge >= 0.3 is 0 Å². The molecule has 1 aliphatic heterocycles. The minimum absolute atomic E-state index is 0.218. The zero-order valence-electron chi connectivity index (χ0n) is 17.0. The third kappa shape index (κ3) is 2.85. The van der Waals surface area contributed by atoms with E-state index in [0.29, 0.717) is 16.5 Å². The Morgan fingerprint density at radius 1 is 0.903 bits per heavy atom. The molecule has 0 bridgehead atoms. The van der Waals surface area contributed by atoms with Gasteiger partial charge in [-0.25, -0.2) is 4.68 Å². The van der Waals surface area contributed by atoms with Crippen molar-refractivity contribution in [1.82, 2.24) is 14.8 Å². The first-order valence-corrected chi connectivity index (χ1v) is 10.4. The Morgan fingerprint density at radius 3 is 2.45 bits per heavy atom. The largest absolute Gasteiger partial charge is 0.454 e. The Balaban J connectivity index is 1.72. The molecule has 3 aromatic carbocycles. The first kappa shape index (κ1) is 18.2. The third-order valence-corrected chi connectivity index (χ3v) is 6.13. The van der Waals surface area contributed by atoms with Crippen molar-refractivity contribution in [3.63, 3.8) is 0 Å². The number of hydrogen-bond acceptors (Lipinski definition) is 4. The Kier molecular flexibility index (Phi) is 3.95. The van der Waals surface area contributed by atoms with Gasteiger partial charge in [0.05, 0.1) is 16.7 Å². The van der Waals surface area contributed by atoms with Crippen molar-refractivity contribution in [1.29, 1.82) is 0 Å². The van der Waals surface area contributed by atoms with E-state index in [-0.39, 0.29) is 6.79 Å². The first-order valence-electron chi connectivity index (χ1n) is 10.0. The lowest BCUT2D eigenvalue weighted by atomic mass is 10.1. The van der Waals surface area contributed by atoms with Gasteiger partial charge in [-0.1, -0.05) is 47.5 Å². The van der Waals surface area contributed by atoms with E-state index in [9.17, 15) is 0 Å². The van der Waals surface area contributed by atoms with Gasteiger partial charge in [-0.15, -0.1) is 0 Å². The number of fused-ring (bicyclic) bond motifs is 4. The van der Waals surface area contributed by atoms with Crippen LogP contribution in [0.5, 0.6) is 11.5 Å². The second-order valence-electron chi connectivity index (χ2n) is 7.80. The minimum Gasteiger partial charge on any atom is -0.454 e. The van der Waals surface area contributed by atoms with Gasteiger partial charge in [0.2, 0.25) is 6.79 Å². The molecule has 0 atom stereocenters. The van der Waals surface area contributed by atoms with E-state index in [4.69, 9.17) is 31.2 Å². The van der Waals surface area contributed by atoms with Crippen molar-refractivity contribution in [2.45, 2.75) is 13.8 Å². The van der Waals surface area contributed by atoms with E-state index < -0.39 is 0 Å². The maximum absolute atomic E-state index is 6.46. The molecule has 152 valence electrons. The molecule has 0 amide bonds. The maximum Gasteiger partial charge on any atom is 0.231 e. The van der Waals surface area contributed by atoms with Gasteiger partial charge in [0, 0.05) is 33.6 Å². The van der Waals surface area contributed by atoms with Crippen LogP contribution in [0.15, 0.2) is 60.8 Å². The summed E-state index contributed by atoms with van der Waals surface area (Å²) in [4.78, 5) is 4.71. The summed E-state index contributed by atoms with van der Waals surface area (Å²) in [5.41, 5.74) is 6.81. The SMILES string of the molecule is Cc1ccc(-c2nn(-c3ccc(C)c(Cl)c3)c3c2cnc2cc4c(cc23)OCO4)cc1. The highest BCUT2D eigenvalue weighted by molar-refractivity contribution is 6.31. The van der Waals surface area contributed by atoms with E-state index in [0.717, 1.165) is 44.3 Å². The van der Waals surface area contributed by atoms with Gasteiger partial charge in [0.25, 0.3) is 0 Å². The normalized spacial score (nSPS) is 12.7. The summed E-state index contributed by atoms with van der Waals surface area (Å²) in [6, 6.07) is 18.3. The van der Waals surface area contributed by atoms with Crippen LogP contribution in [0.2, 0.25) is 5.02 Å². The smallest absolute Gasteiger partial charge is 0.231 e. The molecule has 3 heterocycles. The highest BCUT2D eigenvalue weighted by atomic mass is 35.5. The monoisotopic (exact) mass is 427 g/mol. The summed E-state index contributed by atoms with van der Waals surface area (Å²) in [7, 11) is 0. The molecule has 0 saturated carbocycles. The van der Waals surface area contributed by atoms with E-state index >= 15 is 0 Å². The number of ether oxygens (including phenoxy) is 2. The van der Waals surface area contributed by atoms with Gasteiger partial charge in [-0.3, -0.25) is 4.98 Å². The van der Waals surface area contributed by atoms with Gasteiger partial charge in [-0.2, -0.15) is 5.10 Å². The number of nitrogens with zero attached hydrogens (tertiary/aromatic N) is 3. The van der Waals surface area contributed by atoms with Crippen LogP contribution in [0.4, 0.5) is 0 Å². The summed E-state index contributed by atoms with van der Waals surface area (Å²) in [6.45, 7) is 4.29. The zero-order chi connectivity index (χ0) is 21.1. The van der Waals surface area contributed by atoms with Crippen molar-refractivity contribution in [2.75, 3.05) is 6.79 Å². The topological polar surface area (TPSA) is 49.2 Å². The van der Waals surface area contributed by atoms with E-state index in [2.05, 4.69) is 31.2 Å². The first-order chi connectivity index (χ1) is 15.1. The molecular formula is C25H18ClN3O2. The van der Waals surface area contributed by atoms with Crippen LogP contribution in [-0.4, -0.2) is 21.6 Å². The minimum atomic E-state index is 0.218. The van der Waals surface area contributed by atoms with Crippen molar-refractivity contribution in [3.8, 4) is 28.4 Å². The number of aryl methyl sites for hydroxylation is 2. The van der Waals surface area contributed by atoms with Crippen molar-refractivity contribution >= 4 is 33.4 Å². The van der Waals surface area contributed by atoms with Gasteiger partial charge in [-0.05, 0) is 37.6 Å². The van der Waals surface area contributed by atoms with E-state index in [1.165, 1.54) is 5.56 Å². The Bertz CT molecular complexity index is 1490. The van der Waals surface area contributed by atoms with Crippen LogP contribution < -0.4 is 9.47 Å². The number of pyridine rings is 1. The van der Waals surface area contributed by atoms with E-state index in [1.54, 1.807) is 0 Å². The third-order valence-electron chi connectivity index (χ3n) is 5.73. The molecule has 5 nitrogen and oxygen atoms in total. The number of halogens is 1. The molecule has 2 aromatic heterocycles. The molecule has 0 N–H and O–H groups in total. The fourth-order valence-corrected chi connectivity index (χ4v) is 4.17. The van der Waals surface area contributed by atoms with Crippen LogP contribution >= 0.6 is 11.6 Å². The Morgan fingerprint density at radius 2 is 1.68 bits per heavy atom. The molecular weight excluding hydrogens is 410 g/mol. The molecule has 6 rings (SSSR count). The quantitative estimate of drug-likeness (QED) is 0.334. The summed E-state index contributed by atoms with van der Waals surface area (Å²) in [6.07, 6.45) is 1.88. The molecule has 1 aliphatic rings. The molecule has 0 saturated heterocycles. The molecule has 0 aliphatic carbocycles. The number of hydrogen-bond donors (Lipinski definition) is 0. The van der Waals surface area contributed by atoms with Gasteiger partial charge < -0.3 is 9.47 Å². The van der Waals surface area contributed by atoms with Crippen molar-refractivity contribution in [3.05, 3.63) is 76.9 Å². The molecule has 0 radical (unpaired) electrons. The fraction of sp³-hybridized carbons (Fsp3) is 0.120. The van der Waals surface area contributed by atoms with Crippen LogP contribution in [0.1, 0.15) is 11.1 Å². The summed E-state index contributed by atoms with van der Waals surface area (Å²) < 4.78 is 13.1. The fourth-order valence-electron chi connectivity index (χ4n) is 4.00. The zero-order valence-corrected chi connectivity index (χ0v) is 17.8. The summed E-state index contributed by atoms with van der Waals surface area (Å²) in [5, 5.41) is 7.64. The summed E-state index contributed by atoms with van der Waals surface area (Å²) in [5.74, 6) is 1.43. The van der Waals surface area contributed by atoms with Gasteiger partial charge in [0.1, 0.15) is 5.69 Å². The van der Waals surface area contributed by atoms with Crippen LogP contribution in [0.25, 0.3) is 38.8 Å². The average Bonchev–Trinajstić information content (AvgIpc) is 3.39. The Hall–Kier alpha value is -3.57. The molecule has 0 unspecified atom stereocenters. The van der Waals surface area contributed by atoms with Crippen LogP contribution in [-0.2, 0) is 0 Å². The highest BCUT2D eigenvalue weighted by Crippen LogP contribution is 2.40. The van der Waals surface area contributed by atoms with Crippen molar-refractivity contribution in [2.24, 2.45) is 0 Å². The molecule has 5 aromatic rings. The predicted molar refractivity (Wildman–Crippen MR) is 122 cm³/mol. The van der Waals surface area contributed by atoms with Crippen LogP contribution in [0.3, 0.4) is 0 Å². The van der Waals surface area contributed by atoms with Crippen molar-refractivity contribution < 1.29 is 9.47 Å². The lowest BCUT2D eigenvalue weighted by molar-refractivity contribution is 0.174. The number of aromatic nitrogens is 3. The molecule has 31 heavy (non-hydrogen) atoms. The van der Waals surface area contributed by atoms with Crippen LogP contribution in [0, 0.1) is 13.8 Å². The van der Waals surface area contributed by atoms with Gasteiger partial charge in [0.15, 0.2) is 11.5 Å². The molecule has 0 spiro atoms. The maximum atomic E-state index is 6.46. The highest BCUT2D eigenvalue weighted by Gasteiger charge is 2.21. The summed E-state index contributed by atoms with van der Waals surface area (Å²) >= 11 is 6.46. The number of benzene rings is 3.